The molecule has 0 fully saturated rings. The average Bonchev–Trinajstić information content (AvgIpc) is 2.03. The van der Waals surface area contributed by atoms with E-state index in [-0.39, 0.29) is 6.61 Å². The predicted octanol–water partition coefficient (Wildman–Crippen LogP) is -0.918. The zero-order valence-corrected chi connectivity index (χ0v) is 5.35. The highest BCUT2D eigenvalue weighted by Gasteiger charge is 2.12. The van der Waals surface area contributed by atoms with Gasteiger partial charge in [0.2, 0.25) is 0 Å². The molecule has 1 N–H and O–H groups in total. The van der Waals surface area contributed by atoms with Crippen molar-refractivity contribution in [2.24, 2.45) is 5.16 Å². The number of nitrogens with zero attached hydrogens (tertiary/aromatic N) is 2. The van der Waals surface area contributed by atoms with Crippen LogP contribution in [0.15, 0.2) is 5.16 Å². The van der Waals surface area contributed by atoms with Crippen molar-refractivity contribution in [3.63, 3.8) is 0 Å². The van der Waals surface area contributed by atoms with Gasteiger partial charge in [0.15, 0.2) is 6.07 Å². The summed E-state index contributed by atoms with van der Waals surface area (Å²) in [5.74, 6) is -2.54. The van der Waals surface area contributed by atoms with Crippen molar-refractivity contribution < 1.29 is 19.5 Å². The second-order valence-corrected chi connectivity index (χ2v) is 1.34. The van der Waals surface area contributed by atoms with Crippen LogP contribution in [0.4, 0.5) is 0 Å². The largest absolute Gasteiger partial charge is 0.453 e. The van der Waals surface area contributed by atoms with Crippen LogP contribution in [-0.2, 0) is 14.3 Å². The monoisotopic (exact) mass is 156 g/mol. The molecular formula is C5H4N2O4. The quantitative estimate of drug-likeness (QED) is 0.142. The number of carbonyl (C=O) groups excluding carboxylic acids is 2. The molecule has 0 saturated heterocycles. The summed E-state index contributed by atoms with van der Waals surface area (Å²) in [6, 6.07) is 1.07. The van der Waals surface area contributed by atoms with Crippen LogP contribution in [-0.4, -0.2) is 29.8 Å². The molecule has 11 heavy (non-hydrogen) atoms. The fourth-order valence-corrected chi connectivity index (χ4v) is 0.257. The summed E-state index contributed by atoms with van der Waals surface area (Å²) >= 11 is 0. The standard InChI is InChI=1S/C5H4N2O4/c6-3-4(8)5(9)11-2-1-7-10/h1,10H,2H2. The first-order chi connectivity index (χ1) is 5.22. The number of Topliss-reactive ketones (excluding diaryl/α,β-unsaturated/α-hetero) is 1. The summed E-state index contributed by atoms with van der Waals surface area (Å²) < 4.78 is 4.11. The Morgan fingerprint density at radius 2 is 2.36 bits per heavy atom. The fraction of sp³-hybridized carbons (Fsp3) is 0.200. The highest BCUT2D eigenvalue weighted by atomic mass is 16.5. The Morgan fingerprint density at radius 1 is 1.73 bits per heavy atom. The molecule has 58 valence electrons. The highest BCUT2D eigenvalue weighted by molar-refractivity contribution is 6.40. The van der Waals surface area contributed by atoms with E-state index < -0.39 is 11.8 Å². The molecule has 0 aliphatic rings. The molecule has 0 unspecified atom stereocenters. The van der Waals surface area contributed by atoms with E-state index in [1.165, 1.54) is 0 Å². The van der Waals surface area contributed by atoms with Crippen molar-refractivity contribution in [2.75, 3.05) is 6.61 Å². The van der Waals surface area contributed by atoms with Crippen molar-refractivity contribution in [1.29, 1.82) is 5.26 Å². The van der Waals surface area contributed by atoms with Crippen LogP contribution in [0.2, 0.25) is 0 Å². The molecule has 0 aliphatic heterocycles. The van der Waals surface area contributed by atoms with Crippen molar-refractivity contribution >= 4 is 18.0 Å². The maximum Gasteiger partial charge on any atom is 0.390 e. The molecule has 0 aromatic heterocycles. The van der Waals surface area contributed by atoms with Crippen molar-refractivity contribution in [1.82, 2.24) is 0 Å². The molecule has 6 nitrogen and oxygen atoms in total. The highest BCUT2D eigenvalue weighted by Crippen LogP contribution is 1.77. The first kappa shape index (κ1) is 9.10. The molecule has 0 atom stereocenters. The maximum absolute atomic E-state index is 10.3. The Bertz CT molecular complexity index is 227. The minimum absolute atomic E-state index is 0.331. The van der Waals surface area contributed by atoms with Gasteiger partial charge in [0.25, 0.3) is 0 Å². The van der Waals surface area contributed by atoms with Gasteiger partial charge >= 0.3 is 11.8 Å². The van der Waals surface area contributed by atoms with Gasteiger partial charge in [-0.25, -0.2) is 4.79 Å². The van der Waals surface area contributed by atoms with E-state index in [1.54, 1.807) is 0 Å². The first-order valence-corrected chi connectivity index (χ1v) is 2.49. The molecule has 0 aliphatic carbocycles. The van der Waals surface area contributed by atoms with Gasteiger partial charge in [-0.2, -0.15) is 5.26 Å². The molecule has 6 heteroatoms. The lowest BCUT2D eigenvalue weighted by molar-refractivity contribution is -0.150. The molecule has 0 bridgehead atoms. The van der Waals surface area contributed by atoms with E-state index in [0.717, 1.165) is 12.3 Å². The minimum atomic E-state index is -1.28. The second-order valence-electron chi connectivity index (χ2n) is 1.34. The first-order valence-electron chi connectivity index (χ1n) is 2.49. The summed E-state index contributed by atoms with van der Waals surface area (Å²) in [6.07, 6.45) is 0.864. The number of carbonyl (C=O) groups is 2. The Hall–Kier alpha value is -1.90. The van der Waals surface area contributed by atoms with E-state index in [1.807, 2.05) is 0 Å². The van der Waals surface area contributed by atoms with Crippen molar-refractivity contribution in [3.8, 4) is 6.07 Å². The van der Waals surface area contributed by atoms with Crippen molar-refractivity contribution in [2.45, 2.75) is 0 Å². The minimum Gasteiger partial charge on any atom is -0.453 e. The van der Waals surface area contributed by atoms with E-state index in [2.05, 4.69) is 9.89 Å². The van der Waals surface area contributed by atoms with Crippen LogP contribution >= 0.6 is 0 Å². The third-order valence-electron chi connectivity index (χ3n) is 0.658. The molecule has 0 spiro atoms. The van der Waals surface area contributed by atoms with Crippen LogP contribution in [0.5, 0.6) is 0 Å². The molecule has 0 heterocycles. The van der Waals surface area contributed by atoms with Crippen LogP contribution in [0.3, 0.4) is 0 Å². The van der Waals surface area contributed by atoms with Crippen LogP contribution in [0, 0.1) is 11.3 Å². The number of rotatable bonds is 3. The summed E-state index contributed by atoms with van der Waals surface area (Å²) in [5.41, 5.74) is 0. The maximum atomic E-state index is 10.3. The van der Waals surface area contributed by atoms with Gasteiger partial charge in [-0.15, -0.1) is 0 Å². The molecule has 0 amide bonds. The Morgan fingerprint density at radius 3 is 2.82 bits per heavy atom. The second kappa shape index (κ2) is 4.93. The Kier molecular flexibility index (Phi) is 4.08. The zero-order valence-electron chi connectivity index (χ0n) is 5.35. The number of nitriles is 1. The molecule has 0 aromatic rings. The van der Waals surface area contributed by atoms with E-state index in [9.17, 15) is 9.59 Å². The van der Waals surface area contributed by atoms with Gasteiger partial charge in [-0.1, -0.05) is 5.16 Å². The normalized spacial score (nSPS) is 9.00. The van der Waals surface area contributed by atoms with E-state index in [0.29, 0.717) is 0 Å². The summed E-state index contributed by atoms with van der Waals surface area (Å²) in [5, 5.41) is 18.2. The van der Waals surface area contributed by atoms with Gasteiger partial charge in [0, 0.05) is 0 Å². The Balaban J connectivity index is 3.72. The number of hydrogen-bond acceptors (Lipinski definition) is 6. The Labute approximate surface area is 61.7 Å². The number of oxime groups is 1. The number of hydrogen-bond donors (Lipinski definition) is 1. The number of esters is 1. The third-order valence-corrected chi connectivity index (χ3v) is 0.658. The summed E-state index contributed by atoms with van der Waals surface area (Å²) in [6.45, 7) is -0.331. The zero-order chi connectivity index (χ0) is 8.69. The third kappa shape index (κ3) is 3.64. The SMILES string of the molecule is N#CC(=O)C(=O)OCC=NO. The molecule has 0 rings (SSSR count). The van der Waals surface area contributed by atoms with Gasteiger partial charge < -0.3 is 9.94 Å². The average molecular weight is 156 g/mol. The smallest absolute Gasteiger partial charge is 0.390 e. The van der Waals surface area contributed by atoms with Crippen LogP contribution < -0.4 is 0 Å². The van der Waals surface area contributed by atoms with Crippen molar-refractivity contribution in [3.05, 3.63) is 0 Å². The number of ether oxygens (including phenoxy) is 1. The predicted molar refractivity (Wildman–Crippen MR) is 31.9 cm³/mol. The topological polar surface area (TPSA) is 99.8 Å². The van der Waals surface area contributed by atoms with Gasteiger partial charge in [0.1, 0.15) is 6.61 Å². The molecule has 0 radical (unpaired) electrons. The fourth-order valence-electron chi connectivity index (χ4n) is 0.257. The van der Waals surface area contributed by atoms with Gasteiger partial charge in [-0.05, 0) is 0 Å². The van der Waals surface area contributed by atoms with Crippen LogP contribution in [0.1, 0.15) is 0 Å². The van der Waals surface area contributed by atoms with E-state index in [4.69, 9.17) is 10.5 Å². The van der Waals surface area contributed by atoms with E-state index >= 15 is 0 Å². The molecular weight excluding hydrogens is 152 g/mol. The summed E-state index contributed by atoms with van der Waals surface area (Å²) in [4.78, 5) is 20.5. The number of ketones is 1. The van der Waals surface area contributed by atoms with Gasteiger partial charge in [-0.3, -0.25) is 4.79 Å². The summed E-state index contributed by atoms with van der Waals surface area (Å²) in [7, 11) is 0. The molecule has 0 saturated carbocycles. The van der Waals surface area contributed by atoms with Crippen LogP contribution in [0.25, 0.3) is 0 Å². The lowest BCUT2D eigenvalue weighted by atomic mass is 10.4. The molecule has 0 aromatic carbocycles. The lowest BCUT2D eigenvalue weighted by Crippen LogP contribution is -2.16. The lowest BCUT2D eigenvalue weighted by Gasteiger charge is -1.92. The van der Waals surface area contributed by atoms with Gasteiger partial charge in [0.05, 0.1) is 6.21 Å².